The molecule has 0 atom stereocenters. The van der Waals surface area contributed by atoms with Crippen molar-refractivity contribution in [2.75, 3.05) is 18.4 Å². The molecule has 0 spiro atoms. The Labute approximate surface area is 106 Å². The zero-order valence-electron chi connectivity index (χ0n) is 10.6. The topological polar surface area (TPSA) is 58.1 Å². The molecule has 1 aromatic heterocycles. The number of fused-ring (bicyclic) bond motifs is 1. The van der Waals surface area contributed by atoms with Crippen LogP contribution in [-0.4, -0.2) is 34.0 Å². The molecule has 0 aliphatic rings. The molecule has 18 heavy (non-hydrogen) atoms. The maximum atomic E-state index is 11.9. The standard InChI is InChI=1S/C13H16N4O/c1-3-17(4-2)13(18)16-10-5-6-11-12(9-10)15-8-7-14-11/h5-9H,3-4H2,1-2H3,(H,16,18). The van der Waals surface area contributed by atoms with Crippen LogP contribution in [0, 0.1) is 0 Å². The molecule has 5 nitrogen and oxygen atoms in total. The van der Waals surface area contributed by atoms with Crippen molar-refractivity contribution in [1.29, 1.82) is 0 Å². The highest BCUT2D eigenvalue weighted by molar-refractivity contribution is 5.91. The van der Waals surface area contributed by atoms with Gasteiger partial charge >= 0.3 is 6.03 Å². The number of anilines is 1. The summed E-state index contributed by atoms with van der Waals surface area (Å²) in [6, 6.07) is 5.41. The Morgan fingerprint density at radius 1 is 1.17 bits per heavy atom. The lowest BCUT2D eigenvalue weighted by Gasteiger charge is -2.19. The number of carbonyl (C=O) groups excluding carboxylic acids is 1. The summed E-state index contributed by atoms with van der Waals surface area (Å²) in [5.41, 5.74) is 2.33. The Kier molecular flexibility index (Phi) is 3.72. The van der Waals surface area contributed by atoms with Crippen LogP contribution in [0.3, 0.4) is 0 Å². The van der Waals surface area contributed by atoms with Crippen molar-refractivity contribution in [3.05, 3.63) is 30.6 Å². The minimum Gasteiger partial charge on any atom is -0.325 e. The second-order valence-electron chi connectivity index (χ2n) is 3.86. The molecule has 1 aromatic carbocycles. The van der Waals surface area contributed by atoms with Crippen molar-refractivity contribution in [2.45, 2.75) is 13.8 Å². The molecule has 2 aromatic rings. The first-order valence-electron chi connectivity index (χ1n) is 6.01. The molecular weight excluding hydrogens is 228 g/mol. The quantitative estimate of drug-likeness (QED) is 0.902. The zero-order chi connectivity index (χ0) is 13.0. The molecule has 5 heteroatoms. The van der Waals surface area contributed by atoms with E-state index in [-0.39, 0.29) is 6.03 Å². The van der Waals surface area contributed by atoms with Gasteiger partial charge in [-0.15, -0.1) is 0 Å². The van der Waals surface area contributed by atoms with Crippen LogP contribution in [0.4, 0.5) is 10.5 Å². The molecule has 94 valence electrons. The van der Waals surface area contributed by atoms with Gasteiger partial charge in [0.25, 0.3) is 0 Å². The second kappa shape index (κ2) is 5.44. The Morgan fingerprint density at radius 2 is 1.83 bits per heavy atom. The molecule has 0 unspecified atom stereocenters. The molecule has 0 saturated heterocycles. The molecule has 0 radical (unpaired) electrons. The van der Waals surface area contributed by atoms with Crippen molar-refractivity contribution in [3.8, 4) is 0 Å². The molecule has 0 aliphatic carbocycles. The lowest BCUT2D eigenvalue weighted by atomic mass is 10.2. The predicted molar refractivity (Wildman–Crippen MR) is 71.5 cm³/mol. The number of hydrogen-bond acceptors (Lipinski definition) is 3. The van der Waals surface area contributed by atoms with Crippen molar-refractivity contribution in [3.63, 3.8) is 0 Å². The van der Waals surface area contributed by atoms with E-state index in [0.29, 0.717) is 13.1 Å². The van der Waals surface area contributed by atoms with Gasteiger partial charge in [0.05, 0.1) is 11.0 Å². The molecule has 2 amide bonds. The van der Waals surface area contributed by atoms with Crippen LogP contribution in [-0.2, 0) is 0 Å². The number of rotatable bonds is 3. The highest BCUT2D eigenvalue weighted by Crippen LogP contribution is 2.15. The van der Waals surface area contributed by atoms with E-state index >= 15 is 0 Å². The lowest BCUT2D eigenvalue weighted by Crippen LogP contribution is -2.34. The second-order valence-corrected chi connectivity index (χ2v) is 3.86. The summed E-state index contributed by atoms with van der Waals surface area (Å²) in [4.78, 5) is 22.0. The monoisotopic (exact) mass is 244 g/mol. The Bertz CT molecular complexity index is 551. The van der Waals surface area contributed by atoms with Gasteiger partial charge in [0.1, 0.15) is 0 Å². The van der Waals surface area contributed by atoms with Crippen molar-refractivity contribution in [1.82, 2.24) is 14.9 Å². The molecular formula is C13H16N4O. The van der Waals surface area contributed by atoms with Crippen LogP contribution < -0.4 is 5.32 Å². The SMILES string of the molecule is CCN(CC)C(=O)Nc1ccc2nccnc2c1. The van der Waals surface area contributed by atoms with Crippen LogP contribution in [0.2, 0.25) is 0 Å². The van der Waals surface area contributed by atoms with Crippen LogP contribution in [0.25, 0.3) is 11.0 Å². The lowest BCUT2D eigenvalue weighted by molar-refractivity contribution is 0.217. The third kappa shape index (κ3) is 2.56. The molecule has 2 rings (SSSR count). The van der Waals surface area contributed by atoms with Crippen LogP contribution in [0.5, 0.6) is 0 Å². The first-order chi connectivity index (χ1) is 8.74. The van der Waals surface area contributed by atoms with Gasteiger partial charge in [0, 0.05) is 31.2 Å². The fourth-order valence-corrected chi connectivity index (χ4v) is 1.75. The molecule has 1 N–H and O–H groups in total. The molecule has 0 saturated carbocycles. The highest BCUT2D eigenvalue weighted by Gasteiger charge is 2.09. The van der Waals surface area contributed by atoms with Gasteiger partial charge in [0.15, 0.2) is 0 Å². The number of urea groups is 1. The van der Waals surface area contributed by atoms with E-state index in [9.17, 15) is 4.79 Å². The Balaban J connectivity index is 2.19. The van der Waals surface area contributed by atoms with Crippen LogP contribution >= 0.6 is 0 Å². The van der Waals surface area contributed by atoms with E-state index in [1.165, 1.54) is 0 Å². The summed E-state index contributed by atoms with van der Waals surface area (Å²) < 4.78 is 0. The fraction of sp³-hybridized carbons (Fsp3) is 0.308. The number of carbonyl (C=O) groups is 1. The molecule has 1 heterocycles. The van der Waals surface area contributed by atoms with E-state index in [2.05, 4.69) is 15.3 Å². The minimum atomic E-state index is -0.0942. The van der Waals surface area contributed by atoms with Crippen molar-refractivity contribution in [2.24, 2.45) is 0 Å². The number of benzene rings is 1. The predicted octanol–water partition coefficient (Wildman–Crippen LogP) is 2.50. The molecule has 0 bridgehead atoms. The first kappa shape index (κ1) is 12.3. The summed E-state index contributed by atoms with van der Waals surface area (Å²) in [7, 11) is 0. The van der Waals surface area contributed by atoms with Gasteiger partial charge in [-0.2, -0.15) is 0 Å². The van der Waals surface area contributed by atoms with E-state index in [4.69, 9.17) is 0 Å². The summed E-state index contributed by atoms with van der Waals surface area (Å²) >= 11 is 0. The van der Waals surface area contributed by atoms with Gasteiger partial charge in [0.2, 0.25) is 0 Å². The van der Waals surface area contributed by atoms with E-state index in [0.717, 1.165) is 16.7 Å². The van der Waals surface area contributed by atoms with Gasteiger partial charge in [-0.25, -0.2) is 4.79 Å². The van der Waals surface area contributed by atoms with Crippen molar-refractivity contribution >= 4 is 22.8 Å². The Hall–Kier alpha value is -2.17. The normalized spacial score (nSPS) is 10.3. The number of nitrogens with zero attached hydrogens (tertiary/aromatic N) is 3. The van der Waals surface area contributed by atoms with Gasteiger partial charge < -0.3 is 10.2 Å². The van der Waals surface area contributed by atoms with E-state index in [1.807, 2.05) is 32.0 Å². The fourth-order valence-electron chi connectivity index (χ4n) is 1.75. The number of amides is 2. The zero-order valence-corrected chi connectivity index (χ0v) is 10.6. The first-order valence-corrected chi connectivity index (χ1v) is 6.01. The summed E-state index contributed by atoms with van der Waals surface area (Å²) in [6.45, 7) is 5.29. The third-order valence-electron chi connectivity index (χ3n) is 2.77. The largest absolute Gasteiger partial charge is 0.325 e. The van der Waals surface area contributed by atoms with Crippen LogP contribution in [0.1, 0.15) is 13.8 Å². The van der Waals surface area contributed by atoms with Gasteiger partial charge in [-0.3, -0.25) is 9.97 Å². The van der Waals surface area contributed by atoms with Crippen LogP contribution in [0.15, 0.2) is 30.6 Å². The maximum absolute atomic E-state index is 11.9. The number of hydrogen-bond donors (Lipinski definition) is 1. The van der Waals surface area contributed by atoms with E-state index < -0.39 is 0 Å². The van der Waals surface area contributed by atoms with Gasteiger partial charge in [-0.05, 0) is 32.0 Å². The molecule has 0 aliphatic heterocycles. The summed E-state index contributed by atoms with van der Waals surface area (Å²) in [5.74, 6) is 0. The average Bonchev–Trinajstić information content (AvgIpc) is 2.40. The summed E-state index contributed by atoms with van der Waals surface area (Å²) in [5, 5.41) is 2.86. The highest BCUT2D eigenvalue weighted by atomic mass is 16.2. The number of nitrogens with one attached hydrogen (secondary N) is 1. The summed E-state index contributed by atoms with van der Waals surface area (Å²) in [6.07, 6.45) is 3.29. The maximum Gasteiger partial charge on any atom is 0.321 e. The minimum absolute atomic E-state index is 0.0942. The third-order valence-corrected chi connectivity index (χ3v) is 2.77. The van der Waals surface area contributed by atoms with Crippen molar-refractivity contribution < 1.29 is 4.79 Å². The smallest absolute Gasteiger partial charge is 0.321 e. The molecule has 0 fully saturated rings. The van der Waals surface area contributed by atoms with Gasteiger partial charge in [-0.1, -0.05) is 0 Å². The Morgan fingerprint density at radius 3 is 2.50 bits per heavy atom. The van der Waals surface area contributed by atoms with E-state index in [1.54, 1.807) is 17.3 Å². The average molecular weight is 244 g/mol. The number of aromatic nitrogens is 2.